The van der Waals surface area contributed by atoms with Crippen molar-refractivity contribution in [3.63, 3.8) is 0 Å². The molecule has 0 atom stereocenters. The van der Waals surface area contributed by atoms with Crippen LogP contribution in [0.2, 0.25) is 10.0 Å². The first kappa shape index (κ1) is 16.5. The van der Waals surface area contributed by atoms with Gasteiger partial charge in [0.1, 0.15) is 5.01 Å². The average molecular weight is 379 g/mol. The van der Waals surface area contributed by atoms with E-state index in [2.05, 4.69) is 15.2 Å². The lowest BCUT2D eigenvalue weighted by molar-refractivity contribution is -0.384. The molecule has 0 spiro atoms. The summed E-state index contributed by atoms with van der Waals surface area (Å²) in [6.07, 6.45) is 1.57. The molecule has 120 valence electrons. The fourth-order valence-corrected chi connectivity index (χ4v) is 3.01. The van der Waals surface area contributed by atoms with Crippen molar-refractivity contribution >= 4 is 51.6 Å². The number of hydrogen-bond donors (Lipinski definition) is 0. The third-order valence-corrected chi connectivity index (χ3v) is 4.44. The zero-order valence-corrected chi connectivity index (χ0v) is 14.2. The lowest BCUT2D eigenvalue weighted by atomic mass is 10.2. The minimum atomic E-state index is -0.452. The summed E-state index contributed by atoms with van der Waals surface area (Å²) in [6, 6.07) is 11.3. The number of nitrogens with zero attached hydrogens (tertiary/aromatic N) is 4. The summed E-state index contributed by atoms with van der Waals surface area (Å²) < 4.78 is 0. The summed E-state index contributed by atoms with van der Waals surface area (Å²) in [4.78, 5) is 14.6. The maximum absolute atomic E-state index is 10.8. The first-order valence-electron chi connectivity index (χ1n) is 6.60. The molecule has 0 bridgehead atoms. The highest BCUT2D eigenvalue weighted by Crippen LogP contribution is 2.30. The molecule has 1 aromatic heterocycles. The summed E-state index contributed by atoms with van der Waals surface area (Å²) in [5.74, 6) is 0. The lowest BCUT2D eigenvalue weighted by Gasteiger charge is -1.97. The summed E-state index contributed by atoms with van der Waals surface area (Å²) in [5, 5.41) is 20.8. The van der Waals surface area contributed by atoms with Gasteiger partial charge in [0.25, 0.3) is 5.69 Å². The molecule has 0 radical (unpaired) electrons. The van der Waals surface area contributed by atoms with E-state index in [1.54, 1.807) is 36.5 Å². The van der Waals surface area contributed by atoms with Crippen molar-refractivity contribution < 1.29 is 4.92 Å². The number of hydrogen-bond acceptors (Lipinski definition) is 6. The van der Waals surface area contributed by atoms with Crippen molar-refractivity contribution in [2.24, 2.45) is 4.99 Å². The Bertz CT molecular complexity index is 943. The molecule has 0 unspecified atom stereocenters. The molecule has 0 aliphatic rings. The molecule has 3 rings (SSSR count). The van der Waals surface area contributed by atoms with Gasteiger partial charge < -0.3 is 0 Å². The molecule has 0 aliphatic carbocycles. The highest BCUT2D eigenvalue weighted by Gasteiger charge is 2.11. The van der Waals surface area contributed by atoms with Crippen LogP contribution in [0.4, 0.5) is 10.8 Å². The standard InChI is InChI=1S/C15H8Cl2N4O2S/c16-11-5-4-10(13(17)7-11)8-18-15-20-19-14(24-15)9-2-1-3-12(6-9)21(22)23/h1-8H/b18-8+. The van der Waals surface area contributed by atoms with E-state index in [0.717, 1.165) is 0 Å². The molecule has 3 aromatic rings. The van der Waals surface area contributed by atoms with Crippen LogP contribution in [0.15, 0.2) is 47.5 Å². The van der Waals surface area contributed by atoms with Crippen LogP contribution in [0, 0.1) is 10.1 Å². The van der Waals surface area contributed by atoms with Gasteiger partial charge in [-0.15, -0.1) is 10.2 Å². The van der Waals surface area contributed by atoms with Crippen LogP contribution in [0.25, 0.3) is 10.6 Å². The molecule has 0 amide bonds. The van der Waals surface area contributed by atoms with Gasteiger partial charge in [-0.05, 0) is 12.1 Å². The number of halogens is 2. The number of rotatable bonds is 4. The van der Waals surface area contributed by atoms with Crippen LogP contribution in [-0.4, -0.2) is 21.3 Å². The highest BCUT2D eigenvalue weighted by atomic mass is 35.5. The SMILES string of the molecule is O=[N+]([O-])c1cccc(-c2nnc(/N=C/c3ccc(Cl)cc3Cl)s2)c1. The second-order valence-electron chi connectivity index (χ2n) is 4.62. The van der Waals surface area contributed by atoms with Crippen molar-refractivity contribution in [1.29, 1.82) is 0 Å². The molecule has 1 heterocycles. The Morgan fingerprint density at radius 2 is 2.00 bits per heavy atom. The molecule has 0 fully saturated rings. The lowest BCUT2D eigenvalue weighted by Crippen LogP contribution is -1.87. The summed E-state index contributed by atoms with van der Waals surface area (Å²) in [5.41, 5.74) is 1.32. The normalized spacial score (nSPS) is 11.1. The van der Waals surface area contributed by atoms with Crippen LogP contribution in [0.1, 0.15) is 5.56 Å². The Morgan fingerprint density at radius 1 is 1.17 bits per heavy atom. The van der Waals surface area contributed by atoms with Gasteiger partial charge in [-0.3, -0.25) is 10.1 Å². The number of nitro benzene ring substituents is 1. The van der Waals surface area contributed by atoms with Gasteiger partial charge in [-0.1, -0.05) is 52.7 Å². The van der Waals surface area contributed by atoms with Crippen LogP contribution in [-0.2, 0) is 0 Å². The van der Waals surface area contributed by atoms with Gasteiger partial charge in [0.2, 0.25) is 5.13 Å². The average Bonchev–Trinajstić information content (AvgIpc) is 3.03. The third-order valence-electron chi connectivity index (χ3n) is 2.99. The van der Waals surface area contributed by atoms with E-state index in [9.17, 15) is 10.1 Å². The van der Waals surface area contributed by atoms with Crippen molar-refractivity contribution in [1.82, 2.24) is 10.2 Å². The molecular weight excluding hydrogens is 371 g/mol. The van der Waals surface area contributed by atoms with E-state index >= 15 is 0 Å². The summed E-state index contributed by atoms with van der Waals surface area (Å²) in [7, 11) is 0. The Hall–Kier alpha value is -2.35. The van der Waals surface area contributed by atoms with Crippen molar-refractivity contribution in [2.45, 2.75) is 0 Å². The number of aliphatic imine (C=N–C) groups is 1. The van der Waals surface area contributed by atoms with E-state index in [0.29, 0.717) is 31.3 Å². The van der Waals surface area contributed by atoms with E-state index < -0.39 is 4.92 Å². The van der Waals surface area contributed by atoms with Gasteiger partial charge in [-0.2, -0.15) is 0 Å². The first-order chi connectivity index (χ1) is 11.5. The zero-order chi connectivity index (χ0) is 17.1. The fraction of sp³-hybridized carbons (Fsp3) is 0. The van der Waals surface area contributed by atoms with E-state index in [-0.39, 0.29) is 5.69 Å². The van der Waals surface area contributed by atoms with E-state index in [4.69, 9.17) is 23.2 Å². The molecule has 0 N–H and O–H groups in total. The Labute approximate surface area is 150 Å². The summed E-state index contributed by atoms with van der Waals surface area (Å²) >= 11 is 13.1. The van der Waals surface area contributed by atoms with Gasteiger partial charge in [0, 0.05) is 34.5 Å². The molecule has 0 saturated heterocycles. The maximum Gasteiger partial charge on any atom is 0.270 e. The van der Waals surface area contributed by atoms with Crippen molar-refractivity contribution in [3.8, 4) is 10.6 Å². The maximum atomic E-state index is 10.8. The monoisotopic (exact) mass is 378 g/mol. The van der Waals surface area contributed by atoms with Crippen LogP contribution >= 0.6 is 34.5 Å². The molecule has 24 heavy (non-hydrogen) atoms. The quantitative estimate of drug-likeness (QED) is 0.356. The van der Waals surface area contributed by atoms with Crippen molar-refractivity contribution in [3.05, 3.63) is 68.2 Å². The van der Waals surface area contributed by atoms with E-state index in [1.165, 1.54) is 23.5 Å². The largest absolute Gasteiger partial charge is 0.270 e. The number of nitro groups is 1. The first-order valence-corrected chi connectivity index (χ1v) is 8.17. The van der Waals surface area contributed by atoms with Crippen LogP contribution in [0.3, 0.4) is 0 Å². The molecular formula is C15H8Cl2N4O2S. The van der Waals surface area contributed by atoms with Gasteiger partial charge in [0.05, 0.1) is 9.95 Å². The third kappa shape index (κ3) is 3.76. The smallest absolute Gasteiger partial charge is 0.258 e. The number of benzene rings is 2. The van der Waals surface area contributed by atoms with Gasteiger partial charge in [0.15, 0.2) is 0 Å². The Kier molecular flexibility index (Phi) is 4.84. The molecule has 2 aromatic carbocycles. The predicted octanol–water partition coefficient (Wildman–Crippen LogP) is 5.17. The summed E-state index contributed by atoms with van der Waals surface area (Å²) in [6.45, 7) is 0. The Morgan fingerprint density at radius 3 is 2.75 bits per heavy atom. The predicted molar refractivity (Wildman–Crippen MR) is 95.7 cm³/mol. The topological polar surface area (TPSA) is 81.3 Å². The van der Waals surface area contributed by atoms with Crippen molar-refractivity contribution in [2.75, 3.05) is 0 Å². The van der Waals surface area contributed by atoms with Gasteiger partial charge in [-0.25, -0.2) is 4.99 Å². The molecule has 0 saturated carbocycles. The van der Waals surface area contributed by atoms with Crippen LogP contribution in [0.5, 0.6) is 0 Å². The Balaban J connectivity index is 1.84. The van der Waals surface area contributed by atoms with E-state index in [1.807, 2.05) is 0 Å². The second-order valence-corrected chi connectivity index (χ2v) is 6.42. The highest BCUT2D eigenvalue weighted by molar-refractivity contribution is 7.18. The minimum Gasteiger partial charge on any atom is -0.258 e. The molecule has 6 nitrogen and oxygen atoms in total. The molecule has 0 aliphatic heterocycles. The fourth-order valence-electron chi connectivity index (χ4n) is 1.87. The second kappa shape index (κ2) is 7.04. The molecule has 9 heteroatoms. The number of aromatic nitrogens is 2. The zero-order valence-electron chi connectivity index (χ0n) is 11.9. The minimum absolute atomic E-state index is 0.000646. The number of non-ortho nitro benzene ring substituents is 1. The van der Waals surface area contributed by atoms with Crippen LogP contribution < -0.4 is 0 Å². The van der Waals surface area contributed by atoms with Gasteiger partial charge >= 0.3 is 0 Å².